The molecule has 1 aliphatic carbocycles. The minimum Gasteiger partial charge on any atom is -0.339 e. The van der Waals surface area contributed by atoms with E-state index >= 15 is 0 Å². The van der Waals surface area contributed by atoms with Crippen LogP contribution in [0.4, 0.5) is 0 Å². The zero-order valence-corrected chi connectivity index (χ0v) is 14.1. The van der Waals surface area contributed by atoms with Crippen molar-refractivity contribution in [3.8, 4) is 0 Å². The fraction of sp³-hybridized carbons (Fsp3) is 0.444. The van der Waals surface area contributed by atoms with Gasteiger partial charge in [-0.3, -0.25) is 9.59 Å². The monoisotopic (exact) mass is 340 g/mol. The average molecular weight is 340 g/mol. The fourth-order valence-corrected chi connectivity index (χ4v) is 3.09. The molecule has 25 heavy (non-hydrogen) atoms. The molecule has 1 saturated heterocycles. The predicted octanol–water partition coefficient (Wildman–Crippen LogP) is 1.71. The van der Waals surface area contributed by atoms with Crippen LogP contribution in [0.15, 0.2) is 34.9 Å². The van der Waals surface area contributed by atoms with Gasteiger partial charge in [0, 0.05) is 12.5 Å². The second-order valence-corrected chi connectivity index (χ2v) is 6.70. The molecular formula is C18H20N4O3. The second-order valence-electron chi connectivity index (χ2n) is 6.70. The van der Waals surface area contributed by atoms with E-state index in [1.165, 1.54) is 4.90 Å². The topological polar surface area (TPSA) is 79.5 Å². The van der Waals surface area contributed by atoms with Crippen molar-refractivity contribution in [3.05, 3.63) is 47.6 Å². The zero-order chi connectivity index (χ0) is 17.4. The summed E-state index contributed by atoms with van der Waals surface area (Å²) in [5.41, 5.74) is 1.01. The SMILES string of the molecule is C[C@H]1C(=O)N(Cc2ccccc2)CC(=O)N1Cc1noc(C2CC2)n1. The van der Waals surface area contributed by atoms with Crippen LogP contribution in [0.3, 0.4) is 0 Å². The number of aromatic nitrogens is 2. The molecule has 0 bridgehead atoms. The van der Waals surface area contributed by atoms with Gasteiger partial charge in [-0.15, -0.1) is 0 Å². The van der Waals surface area contributed by atoms with Crippen molar-refractivity contribution in [1.29, 1.82) is 0 Å². The van der Waals surface area contributed by atoms with Crippen LogP contribution in [-0.2, 0) is 22.7 Å². The molecule has 4 rings (SSSR count). The summed E-state index contributed by atoms with van der Waals surface area (Å²) in [5, 5.41) is 3.95. The Balaban J connectivity index is 1.44. The van der Waals surface area contributed by atoms with Crippen LogP contribution >= 0.6 is 0 Å². The maximum atomic E-state index is 12.7. The largest absolute Gasteiger partial charge is 0.339 e. The van der Waals surface area contributed by atoms with Crippen LogP contribution in [-0.4, -0.2) is 44.3 Å². The highest BCUT2D eigenvalue weighted by Crippen LogP contribution is 2.38. The van der Waals surface area contributed by atoms with Gasteiger partial charge in [-0.2, -0.15) is 4.98 Å². The molecule has 1 aromatic carbocycles. The van der Waals surface area contributed by atoms with Crippen molar-refractivity contribution in [2.75, 3.05) is 6.54 Å². The van der Waals surface area contributed by atoms with Gasteiger partial charge in [0.15, 0.2) is 5.82 Å². The number of nitrogens with zero attached hydrogens (tertiary/aromatic N) is 4. The summed E-state index contributed by atoms with van der Waals surface area (Å²) in [7, 11) is 0. The van der Waals surface area contributed by atoms with Gasteiger partial charge in [-0.25, -0.2) is 0 Å². The first kappa shape index (κ1) is 15.8. The Morgan fingerprint density at radius 2 is 1.92 bits per heavy atom. The molecule has 0 radical (unpaired) electrons. The van der Waals surface area contributed by atoms with Crippen molar-refractivity contribution in [1.82, 2.24) is 19.9 Å². The van der Waals surface area contributed by atoms with Crippen molar-refractivity contribution in [2.24, 2.45) is 0 Å². The normalized spacial score (nSPS) is 21.1. The van der Waals surface area contributed by atoms with Gasteiger partial charge in [0.2, 0.25) is 17.7 Å². The van der Waals surface area contributed by atoms with E-state index in [0.717, 1.165) is 18.4 Å². The lowest BCUT2D eigenvalue weighted by atomic mass is 10.1. The summed E-state index contributed by atoms with van der Waals surface area (Å²) in [6, 6.07) is 9.15. The van der Waals surface area contributed by atoms with Crippen LogP contribution in [0.1, 0.15) is 43.0 Å². The molecule has 2 fully saturated rings. The molecule has 1 saturated carbocycles. The molecular weight excluding hydrogens is 320 g/mol. The van der Waals surface area contributed by atoms with Gasteiger partial charge in [-0.1, -0.05) is 35.5 Å². The molecule has 130 valence electrons. The van der Waals surface area contributed by atoms with Crippen LogP contribution < -0.4 is 0 Å². The van der Waals surface area contributed by atoms with E-state index < -0.39 is 6.04 Å². The van der Waals surface area contributed by atoms with E-state index in [2.05, 4.69) is 10.1 Å². The van der Waals surface area contributed by atoms with Crippen molar-refractivity contribution in [2.45, 2.75) is 44.8 Å². The quantitative estimate of drug-likeness (QED) is 0.828. The Morgan fingerprint density at radius 3 is 2.64 bits per heavy atom. The molecule has 0 unspecified atom stereocenters. The number of hydrogen-bond acceptors (Lipinski definition) is 5. The molecule has 7 heteroatoms. The number of amides is 2. The minimum atomic E-state index is -0.534. The summed E-state index contributed by atoms with van der Waals surface area (Å²) in [5.74, 6) is 1.32. The molecule has 1 atom stereocenters. The zero-order valence-electron chi connectivity index (χ0n) is 14.1. The van der Waals surface area contributed by atoms with Crippen molar-refractivity contribution >= 4 is 11.8 Å². The molecule has 2 heterocycles. The van der Waals surface area contributed by atoms with Crippen molar-refractivity contribution in [3.63, 3.8) is 0 Å². The summed E-state index contributed by atoms with van der Waals surface area (Å²) in [6.07, 6.45) is 2.15. The molecule has 1 aliphatic heterocycles. The third-order valence-corrected chi connectivity index (χ3v) is 4.72. The lowest BCUT2D eigenvalue weighted by molar-refractivity contribution is -0.156. The summed E-state index contributed by atoms with van der Waals surface area (Å²) in [4.78, 5) is 32.7. The molecule has 2 aromatic rings. The first-order valence-corrected chi connectivity index (χ1v) is 8.56. The summed E-state index contributed by atoms with van der Waals surface area (Å²) < 4.78 is 5.23. The van der Waals surface area contributed by atoms with E-state index in [1.807, 2.05) is 30.3 Å². The Morgan fingerprint density at radius 1 is 1.16 bits per heavy atom. The van der Waals surface area contributed by atoms with Crippen LogP contribution in [0.25, 0.3) is 0 Å². The Labute approximate surface area is 145 Å². The lowest BCUT2D eigenvalue weighted by Crippen LogP contribution is -2.58. The molecule has 0 spiro atoms. The van der Waals surface area contributed by atoms with Gasteiger partial charge < -0.3 is 14.3 Å². The maximum Gasteiger partial charge on any atom is 0.245 e. The standard InChI is InChI=1S/C18H20N4O3/c1-12-18(24)21(9-13-5-3-2-4-6-13)11-16(23)22(12)10-15-19-17(25-20-15)14-7-8-14/h2-6,12,14H,7-11H2,1H3/t12-/m0/s1. The third-order valence-electron chi connectivity index (χ3n) is 4.72. The number of carbonyl (C=O) groups is 2. The Bertz CT molecular complexity index is 785. The van der Waals surface area contributed by atoms with Gasteiger partial charge in [-0.05, 0) is 25.3 Å². The smallest absolute Gasteiger partial charge is 0.245 e. The summed E-state index contributed by atoms with van der Waals surface area (Å²) >= 11 is 0. The number of piperazine rings is 1. The molecule has 1 aromatic heterocycles. The van der Waals surface area contributed by atoms with Gasteiger partial charge >= 0.3 is 0 Å². The highest BCUT2D eigenvalue weighted by atomic mass is 16.5. The predicted molar refractivity (Wildman–Crippen MR) is 88.1 cm³/mol. The van der Waals surface area contributed by atoms with Crippen LogP contribution in [0, 0.1) is 0 Å². The average Bonchev–Trinajstić information content (AvgIpc) is 3.36. The maximum absolute atomic E-state index is 12.7. The van der Waals surface area contributed by atoms with Crippen LogP contribution in [0.2, 0.25) is 0 Å². The van der Waals surface area contributed by atoms with E-state index in [0.29, 0.717) is 24.2 Å². The van der Waals surface area contributed by atoms with E-state index in [9.17, 15) is 9.59 Å². The number of benzene rings is 1. The van der Waals surface area contributed by atoms with Gasteiger partial charge in [0.1, 0.15) is 12.6 Å². The number of carbonyl (C=O) groups excluding carboxylic acids is 2. The van der Waals surface area contributed by atoms with E-state index in [-0.39, 0.29) is 24.9 Å². The Hall–Kier alpha value is -2.70. The van der Waals surface area contributed by atoms with E-state index in [4.69, 9.17) is 4.52 Å². The second kappa shape index (κ2) is 6.31. The van der Waals surface area contributed by atoms with Crippen molar-refractivity contribution < 1.29 is 14.1 Å². The Kier molecular flexibility index (Phi) is 3.99. The van der Waals surface area contributed by atoms with E-state index in [1.54, 1.807) is 11.8 Å². The number of rotatable bonds is 5. The highest BCUT2D eigenvalue weighted by molar-refractivity contribution is 5.94. The van der Waals surface area contributed by atoms with Gasteiger partial charge in [0.25, 0.3) is 0 Å². The molecule has 0 N–H and O–H groups in total. The van der Waals surface area contributed by atoms with Crippen LogP contribution in [0.5, 0.6) is 0 Å². The lowest BCUT2D eigenvalue weighted by Gasteiger charge is -2.38. The molecule has 2 amide bonds. The fourth-order valence-electron chi connectivity index (χ4n) is 3.09. The first-order chi connectivity index (χ1) is 12.1. The first-order valence-electron chi connectivity index (χ1n) is 8.56. The minimum absolute atomic E-state index is 0.0608. The summed E-state index contributed by atoms with van der Waals surface area (Å²) in [6.45, 7) is 2.48. The molecule has 7 nitrogen and oxygen atoms in total. The third kappa shape index (κ3) is 3.26. The van der Waals surface area contributed by atoms with Gasteiger partial charge in [0.05, 0.1) is 6.54 Å². The number of hydrogen-bond donors (Lipinski definition) is 0. The molecule has 2 aliphatic rings. The highest BCUT2D eigenvalue weighted by Gasteiger charge is 2.37.